The van der Waals surface area contributed by atoms with Crippen LogP contribution in [0.1, 0.15) is 5.56 Å². The van der Waals surface area contributed by atoms with E-state index in [1.54, 1.807) is 0 Å². The average Bonchev–Trinajstić information content (AvgIpc) is 2.50. The van der Waals surface area contributed by atoms with Gasteiger partial charge in [-0.15, -0.1) is 11.3 Å². The van der Waals surface area contributed by atoms with Crippen LogP contribution in [0, 0.1) is 6.92 Å². The third-order valence-electron chi connectivity index (χ3n) is 1.63. The molecule has 0 radical (unpaired) electrons. The SMILES string of the molecule is Cc1csc(-c2nc(=O)[nH]c(=O)[nH]2)c1. The number of aromatic nitrogens is 3. The van der Waals surface area contributed by atoms with Crippen LogP contribution in [-0.4, -0.2) is 15.0 Å². The Bertz CT molecular complexity index is 538. The smallest absolute Gasteiger partial charge is 0.291 e. The van der Waals surface area contributed by atoms with Gasteiger partial charge in [-0.1, -0.05) is 0 Å². The molecule has 0 unspecified atom stereocenters. The van der Waals surface area contributed by atoms with E-state index in [-0.39, 0.29) is 0 Å². The first-order valence-electron chi connectivity index (χ1n) is 3.91. The van der Waals surface area contributed by atoms with Crippen LogP contribution < -0.4 is 11.4 Å². The van der Waals surface area contributed by atoms with Gasteiger partial charge in [0.15, 0.2) is 5.82 Å². The molecule has 0 amide bonds. The van der Waals surface area contributed by atoms with Crippen molar-refractivity contribution in [3.05, 3.63) is 38.0 Å². The minimum absolute atomic E-state index is 0.317. The van der Waals surface area contributed by atoms with E-state index in [9.17, 15) is 9.59 Å². The lowest BCUT2D eigenvalue weighted by Crippen LogP contribution is -2.25. The molecule has 5 nitrogen and oxygen atoms in total. The Hall–Kier alpha value is -1.69. The fourth-order valence-electron chi connectivity index (χ4n) is 1.07. The van der Waals surface area contributed by atoms with Crippen molar-refractivity contribution in [3.8, 4) is 10.7 Å². The number of thiophene rings is 1. The Kier molecular flexibility index (Phi) is 2.05. The maximum atomic E-state index is 10.9. The second kappa shape index (κ2) is 3.22. The van der Waals surface area contributed by atoms with Gasteiger partial charge in [-0.2, -0.15) is 4.98 Å². The van der Waals surface area contributed by atoms with Crippen LogP contribution in [-0.2, 0) is 0 Å². The molecule has 6 heteroatoms. The molecular weight excluding hydrogens is 202 g/mol. The highest BCUT2D eigenvalue weighted by molar-refractivity contribution is 7.13. The minimum atomic E-state index is -0.630. The average molecular weight is 209 g/mol. The summed E-state index contributed by atoms with van der Waals surface area (Å²) in [7, 11) is 0. The summed E-state index contributed by atoms with van der Waals surface area (Å²) in [5, 5.41) is 1.93. The first kappa shape index (κ1) is 8.89. The number of nitrogens with zero attached hydrogens (tertiary/aromatic N) is 1. The number of rotatable bonds is 1. The summed E-state index contributed by atoms with van der Waals surface area (Å²) < 4.78 is 0. The van der Waals surface area contributed by atoms with Crippen LogP contribution in [0.15, 0.2) is 21.0 Å². The fraction of sp³-hybridized carbons (Fsp3) is 0.125. The Morgan fingerprint density at radius 2 is 2.14 bits per heavy atom. The van der Waals surface area contributed by atoms with Crippen molar-refractivity contribution in [2.45, 2.75) is 6.92 Å². The molecule has 0 aliphatic carbocycles. The van der Waals surface area contributed by atoms with Gasteiger partial charge in [0.2, 0.25) is 0 Å². The normalized spacial score (nSPS) is 10.4. The third-order valence-corrected chi connectivity index (χ3v) is 2.68. The van der Waals surface area contributed by atoms with Crippen LogP contribution in [0.25, 0.3) is 10.7 Å². The van der Waals surface area contributed by atoms with Crippen molar-refractivity contribution in [2.75, 3.05) is 0 Å². The molecule has 2 heterocycles. The van der Waals surface area contributed by atoms with E-state index >= 15 is 0 Å². The number of hydrogen-bond donors (Lipinski definition) is 2. The third kappa shape index (κ3) is 1.64. The van der Waals surface area contributed by atoms with Crippen LogP contribution in [0.3, 0.4) is 0 Å². The zero-order valence-electron chi connectivity index (χ0n) is 7.33. The lowest BCUT2D eigenvalue weighted by Gasteiger charge is -1.92. The van der Waals surface area contributed by atoms with E-state index in [4.69, 9.17) is 0 Å². The molecule has 0 fully saturated rings. The molecule has 0 saturated carbocycles. The molecule has 72 valence electrons. The van der Waals surface area contributed by atoms with E-state index in [1.165, 1.54) is 11.3 Å². The van der Waals surface area contributed by atoms with Crippen molar-refractivity contribution < 1.29 is 0 Å². The van der Waals surface area contributed by atoms with E-state index in [0.29, 0.717) is 5.82 Å². The zero-order chi connectivity index (χ0) is 10.1. The topological polar surface area (TPSA) is 78.6 Å². The lowest BCUT2D eigenvalue weighted by molar-refractivity contribution is 0.945. The molecule has 0 spiro atoms. The largest absolute Gasteiger partial charge is 0.351 e. The van der Waals surface area contributed by atoms with Crippen LogP contribution >= 0.6 is 11.3 Å². The summed E-state index contributed by atoms with van der Waals surface area (Å²) in [6, 6.07) is 1.86. The zero-order valence-corrected chi connectivity index (χ0v) is 8.14. The predicted octanol–water partition coefficient (Wildman–Crippen LogP) is 0.495. The van der Waals surface area contributed by atoms with E-state index in [1.807, 2.05) is 23.4 Å². The number of aryl methyl sites for hydroxylation is 1. The molecule has 14 heavy (non-hydrogen) atoms. The fourth-order valence-corrected chi connectivity index (χ4v) is 1.91. The van der Waals surface area contributed by atoms with Crippen molar-refractivity contribution in [1.82, 2.24) is 15.0 Å². The summed E-state index contributed by atoms with van der Waals surface area (Å²) in [5.41, 5.74) is -0.0891. The van der Waals surface area contributed by atoms with Gasteiger partial charge in [0.1, 0.15) is 0 Å². The Balaban J connectivity index is 2.62. The van der Waals surface area contributed by atoms with Gasteiger partial charge in [-0.05, 0) is 23.9 Å². The molecule has 0 aromatic carbocycles. The van der Waals surface area contributed by atoms with Crippen molar-refractivity contribution in [3.63, 3.8) is 0 Å². The Labute approximate surface area is 82.5 Å². The van der Waals surface area contributed by atoms with Crippen LogP contribution in [0.5, 0.6) is 0 Å². The van der Waals surface area contributed by atoms with Crippen molar-refractivity contribution >= 4 is 11.3 Å². The molecule has 0 atom stereocenters. The summed E-state index contributed by atoms with van der Waals surface area (Å²) in [6.45, 7) is 1.94. The minimum Gasteiger partial charge on any atom is -0.291 e. The molecule has 2 aromatic heterocycles. The number of hydrogen-bond acceptors (Lipinski definition) is 4. The van der Waals surface area contributed by atoms with E-state index in [0.717, 1.165) is 10.4 Å². The highest BCUT2D eigenvalue weighted by Gasteiger charge is 2.03. The summed E-state index contributed by atoms with van der Waals surface area (Å²) >= 11 is 1.43. The van der Waals surface area contributed by atoms with Gasteiger partial charge in [-0.25, -0.2) is 9.59 Å². The number of aromatic amines is 2. The van der Waals surface area contributed by atoms with Crippen LogP contribution in [0.4, 0.5) is 0 Å². The monoisotopic (exact) mass is 209 g/mol. The second-order valence-electron chi connectivity index (χ2n) is 2.83. The molecule has 2 rings (SSSR count). The van der Waals surface area contributed by atoms with E-state index in [2.05, 4.69) is 9.97 Å². The van der Waals surface area contributed by atoms with Gasteiger partial charge in [0, 0.05) is 0 Å². The van der Waals surface area contributed by atoms with Gasteiger partial charge in [-0.3, -0.25) is 9.97 Å². The molecule has 0 saturated heterocycles. The van der Waals surface area contributed by atoms with Gasteiger partial charge < -0.3 is 0 Å². The highest BCUT2D eigenvalue weighted by atomic mass is 32.1. The molecule has 2 N–H and O–H groups in total. The quantitative estimate of drug-likeness (QED) is 0.717. The molecule has 0 bridgehead atoms. The first-order chi connectivity index (χ1) is 6.65. The maximum absolute atomic E-state index is 10.9. The first-order valence-corrected chi connectivity index (χ1v) is 4.79. The van der Waals surface area contributed by atoms with Gasteiger partial charge >= 0.3 is 11.4 Å². The van der Waals surface area contributed by atoms with Gasteiger partial charge in [0.05, 0.1) is 4.88 Å². The Morgan fingerprint density at radius 1 is 1.36 bits per heavy atom. The standard InChI is InChI=1S/C8H7N3O2S/c1-4-2-5(14-3-4)6-9-7(12)11-8(13)10-6/h2-3H,1H3,(H2,9,10,11,12,13). The van der Waals surface area contributed by atoms with Gasteiger partial charge in [0.25, 0.3) is 0 Å². The predicted molar refractivity (Wildman–Crippen MR) is 53.5 cm³/mol. The van der Waals surface area contributed by atoms with Crippen molar-refractivity contribution in [2.24, 2.45) is 0 Å². The number of nitrogens with one attached hydrogen (secondary N) is 2. The molecule has 0 aliphatic heterocycles. The molecule has 0 aliphatic rings. The molecular formula is C8H7N3O2S. The lowest BCUT2D eigenvalue weighted by atomic mass is 10.3. The van der Waals surface area contributed by atoms with E-state index < -0.39 is 11.4 Å². The molecule has 2 aromatic rings. The maximum Gasteiger partial charge on any atom is 0.351 e. The summed E-state index contributed by atoms with van der Waals surface area (Å²) in [4.78, 5) is 30.8. The Morgan fingerprint density at radius 3 is 2.71 bits per heavy atom. The summed E-state index contributed by atoms with van der Waals surface area (Å²) in [6.07, 6.45) is 0. The number of H-pyrrole nitrogens is 2. The van der Waals surface area contributed by atoms with Crippen molar-refractivity contribution in [1.29, 1.82) is 0 Å². The highest BCUT2D eigenvalue weighted by Crippen LogP contribution is 2.21. The van der Waals surface area contributed by atoms with Crippen LogP contribution in [0.2, 0.25) is 0 Å². The second-order valence-corrected chi connectivity index (χ2v) is 3.74. The summed E-state index contributed by atoms with van der Waals surface area (Å²) in [5.74, 6) is 0.317.